The van der Waals surface area contributed by atoms with Crippen LogP contribution >= 0.6 is 0 Å². The van der Waals surface area contributed by atoms with Gasteiger partial charge in [0, 0.05) is 12.8 Å². The average Bonchev–Trinajstić information content (AvgIpc) is 3.14. The van der Waals surface area contributed by atoms with Crippen LogP contribution in [-0.2, 0) is 23.9 Å². The van der Waals surface area contributed by atoms with Gasteiger partial charge in [-0.25, -0.2) is 4.79 Å². The lowest BCUT2D eigenvalue weighted by molar-refractivity contribution is -0.150. The van der Waals surface area contributed by atoms with Gasteiger partial charge in [0.1, 0.15) is 12.1 Å². The number of carboxylic acid groups (broad SMARTS) is 1. The van der Waals surface area contributed by atoms with Gasteiger partial charge in [0.2, 0.25) is 11.8 Å². The first-order valence-corrected chi connectivity index (χ1v) is 22.1. The first-order chi connectivity index (χ1) is 25.8. The largest absolute Gasteiger partial charge is 0.480 e. The molecule has 2 unspecified atom stereocenters. The van der Waals surface area contributed by atoms with Gasteiger partial charge < -0.3 is 25.6 Å². The summed E-state index contributed by atoms with van der Waals surface area (Å²) in [6.07, 6.45) is 41.4. The summed E-state index contributed by atoms with van der Waals surface area (Å²) < 4.78 is 5.90. The highest BCUT2D eigenvalue weighted by Crippen LogP contribution is 2.18. The number of aliphatic carboxylic acids is 1. The van der Waals surface area contributed by atoms with Crippen LogP contribution in [0.2, 0.25) is 0 Å². The van der Waals surface area contributed by atoms with E-state index in [4.69, 9.17) is 14.9 Å². The number of carboxylic acids is 1. The van der Waals surface area contributed by atoms with Crippen molar-refractivity contribution < 1.29 is 34.1 Å². The Balaban J connectivity index is 3.86. The van der Waals surface area contributed by atoms with Crippen LogP contribution in [0.5, 0.6) is 0 Å². The number of hydrogen-bond acceptors (Lipinski definition) is 6. The Morgan fingerprint density at radius 1 is 0.547 bits per heavy atom. The maximum atomic E-state index is 12.6. The lowest BCUT2D eigenvalue weighted by atomic mass is 10.0. The molecule has 0 aromatic rings. The Morgan fingerprint density at radius 3 is 1.43 bits per heavy atom. The van der Waals surface area contributed by atoms with Crippen molar-refractivity contribution in [2.24, 2.45) is 0 Å². The number of aliphatic hydroxyl groups excluding tert-OH is 1. The molecule has 0 aliphatic heterocycles. The molecule has 0 saturated heterocycles. The van der Waals surface area contributed by atoms with E-state index >= 15 is 0 Å². The van der Waals surface area contributed by atoms with Crippen molar-refractivity contribution in [3.63, 3.8) is 0 Å². The van der Waals surface area contributed by atoms with Crippen molar-refractivity contribution in [1.82, 2.24) is 10.6 Å². The highest BCUT2D eigenvalue weighted by atomic mass is 16.5. The fourth-order valence-corrected chi connectivity index (χ4v) is 6.59. The molecule has 310 valence electrons. The SMILES string of the molecule is CCCCCCCCCC/C=C\CCCCCCCCCCCCCC(=O)OC(CCCCCC)CCCCCC(=O)NCC(=O)NC(CO)C(=O)O. The Kier molecular flexibility index (Phi) is 37.5. The second kappa shape index (κ2) is 39.3. The first kappa shape index (κ1) is 50.6. The first-order valence-electron chi connectivity index (χ1n) is 22.1. The van der Waals surface area contributed by atoms with Crippen LogP contribution in [-0.4, -0.2) is 59.3 Å². The number of amides is 2. The summed E-state index contributed by atoms with van der Waals surface area (Å²) in [5, 5.41) is 22.5. The van der Waals surface area contributed by atoms with Gasteiger partial charge in [-0.1, -0.05) is 154 Å². The van der Waals surface area contributed by atoms with Crippen LogP contribution in [0.1, 0.15) is 219 Å². The molecule has 0 saturated carbocycles. The second-order valence-corrected chi connectivity index (χ2v) is 15.1. The normalized spacial score (nSPS) is 12.5. The van der Waals surface area contributed by atoms with Crippen molar-refractivity contribution in [3.05, 3.63) is 12.2 Å². The van der Waals surface area contributed by atoms with Crippen LogP contribution < -0.4 is 10.6 Å². The van der Waals surface area contributed by atoms with Crippen molar-refractivity contribution in [1.29, 1.82) is 0 Å². The smallest absolute Gasteiger partial charge is 0.328 e. The molecule has 4 N–H and O–H groups in total. The molecule has 0 rings (SSSR count). The molecule has 0 aromatic heterocycles. The molecule has 2 atom stereocenters. The number of hydrogen-bond donors (Lipinski definition) is 4. The predicted octanol–water partition coefficient (Wildman–Crippen LogP) is 10.7. The van der Waals surface area contributed by atoms with E-state index in [2.05, 4.69) is 36.6 Å². The number of aliphatic hydroxyl groups is 1. The summed E-state index contributed by atoms with van der Waals surface area (Å²) in [5.41, 5.74) is 0. The third-order valence-electron chi connectivity index (χ3n) is 10.0. The summed E-state index contributed by atoms with van der Waals surface area (Å²) in [7, 11) is 0. The van der Waals surface area contributed by atoms with Crippen molar-refractivity contribution >= 4 is 23.8 Å². The molecule has 2 amide bonds. The fraction of sp³-hybridized carbons (Fsp3) is 0.864. The number of allylic oxidation sites excluding steroid dienone is 2. The predicted molar refractivity (Wildman–Crippen MR) is 218 cm³/mol. The maximum absolute atomic E-state index is 12.6. The van der Waals surface area contributed by atoms with Gasteiger partial charge in [-0.05, 0) is 64.2 Å². The molecule has 0 spiro atoms. The second-order valence-electron chi connectivity index (χ2n) is 15.1. The molecule has 0 aromatic carbocycles. The number of nitrogens with one attached hydrogen (secondary N) is 2. The van der Waals surface area contributed by atoms with Gasteiger partial charge in [-0.15, -0.1) is 0 Å². The van der Waals surface area contributed by atoms with E-state index < -0.39 is 24.5 Å². The van der Waals surface area contributed by atoms with Crippen LogP contribution in [0.25, 0.3) is 0 Å². The third kappa shape index (κ3) is 36.3. The van der Waals surface area contributed by atoms with E-state index in [1.807, 2.05) is 0 Å². The van der Waals surface area contributed by atoms with Crippen molar-refractivity contribution in [2.45, 2.75) is 231 Å². The maximum Gasteiger partial charge on any atom is 0.328 e. The number of rotatable bonds is 40. The standard InChI is InChI=1S/C44H82N2O7/c1-3-5-7-9-10-11-12-13-14-15-16-17-18-19-20-21-22-23-24-25-26-27-32-36-43(50)53-39(33-29-8-6-4-2)34-30-28-31-35-41(48)45-37-42(49)46-40(38-47)44(51)52/h15-16,39-40,47H,3-14,17-38H2,1-2H3,(H,45,48)(H,46,49)(H,51,52)/b16-15-. The Morgan fingerprint density at radius 2 is 0.962 bits per heavy atom. The van der Waals surface area contributed by atoms with Gasteiger partial charge in [0.25, 0.3) is 0 Å². The highest BCUT2D eigenvalue weighted by Gasteiger charge is 2.19. The zero-order chi connectivity index (χ0) is 39.0. The quantitative estimate of drug-likeness (QED) is 0.0277. The van der Waals surface area contributed by atoms with E-state index in [0.717, 1.165) is 57.8 Å². The lowest BCUT2D eigenvalue weighted by Crippen LogP contribution is -2.47. The third-order valence-corrected chi connectivity index (χ3v) is 10.0. The minimum absolute atomic E-state index is 0.0772. The topological polar surface area (TPSA) is 142 Å². The number of esters is 1. The number of carbonyl (C=O) groups excluding carboxylic acids is 3. The van der Waals surface area contributed by atoms with Crippen LogP contribution in [0.3, 0.4) is 0 Å². The van der Waals surface area contributed by atoms with Crippen LogP contribution in [0, 0.1) is 0 Å². The summed E-state index contributed by atoms with van der Waals surface area (Å²) in [5.74, 6) is -2.38. The Labute approximate surface area is 324 Å². The summed E-state index contributed by atoms with van der Waals surface area (Å²) in [6.45, 7) is 3.40. The zero-order valence-corrected chi connectivity index (χ0v) is 34.3. The monoisotopic (exact) mass is 751 g/mol. The molecule has 53 heavy (non-hydrogen) atoms. The number of unbranched alkanes of at least 4 members (excludes halogenated alkanes) is 24. The van der Waals surface area contributed by atoms with E-state index in [0.29, 0.717) is 12.8 Å². The number of carbonyl (C=O) groups is 4. The van der Waals surface area contributed by atoms with Crippen LogP contribution in [0.15, 0.2) is 12.2 Å². The fourth-order valence-electron chi connectivity index (χ4n) is 6.59. The van der Waals surface area contributed by atoms with Crippen molar-refractivity contribution in [2.75, 3.05) is 13.2 Å². The molecule has 9 heteroatoms. The summed E-state index contributed by atoms with van der Waals surface area (Å²) >= 11 is 0. The van der Waals surface area contributed by atoms with E-state index in [1.165, 1.54) is 128 Å². The Bertz CT molecular complexity index is 910. The van der Waals surface area contributed by atoms with E-state index in [9.17, 15) is 19.2 Å². The zero-order valence-electron chi connectivity index (χ0n) is 34.3. The van der Waals surface area contributed by atoms with E-state index in [1.54, 1.807) is 0 Å². The molecule has 0 fully saturated rings. The Hall–Kier alpha value is -2.42. The molecule has 0 bridgehead atoms. The minimum Gasteiger partial charge on any atom is -0.480 e. The minimum atomic E-state index is -1.39. The molecular weight excluding hydrogens is 668 g/mol. The van der Waals surface area contributed by atoms with E-state index in [-0.39, 0.29) is 30.9 Å². The van der Waals surface area contributed by atoms with Gasteiger partial charge in [-0.2, -0.15) is 0 Å². The molecule has 0 aliphatic carbocycles. The lowest BCUT2D eigenvalue weighted by Gasteiger charge is -2.18. The van der Waals surface area contributed by atoms with Crippen LogP contribution in [0.4, 0.5) is 0 Å². The molecular formula is C44H82N2O7. The molecule has 0 aliphatic rings. The van der Waals surface area contributed by atoms with Crippen molar-refractivity contribution in [3.8, 4) is 0 Å². The number of ether oxygens (including phenoxy) is 1. The van der Waals surface area contributed by atoms with Gasteiger partial charge in [0.15, 0.2) is 0 Å². The summed E-state index contributed by atoms with van der Waals surface area (Å²) in [4.78, 5) is 47.4. The molecule has 0 heterocycles. The van der Waals surface area contributed by atoms with Gasteiger partial charge in [0.05, 0.1) is 13.2 Å². The molecule has 9 nitrogen and oxygen atoms in total. The van der Waals surface area contributed by atoms with Gasteiger partial charge in [-0.3, -0.25) is 14.4 Å². The summed E-state index contributed by atoms with van der Waals surface area (Å²) in [6, 6.07) is -1.39. The average molecular weight is 751 g/mol. The highest BCUT2D eigenvalue weighted by molar-refractivity contribution is 5.87. The van der Waals surface area contributed by atoms with Gasteiger partial charge >= 0.3 is 11.9 Å². The molecule has 0 radical (unpaired) electrons.